The van der Waals surface area contributed by atoms with Gasteiger partial charge in [0, 0.05) is 18.9 Å². The molecule has 0 radical (unpaired) electrons. The zero-order chi connectivity index (χ0) is 19.4. The van der Waals surface area contributed by atoms with Crippen LogP contribution in [0.3, 0.4) is 0 Å². The molecule has 9 nitrogen and oxygen atoms in total. The van der Waals surface area contributed by atoms with Gasteiger partial charge in [-0.05, 0) is 37.3 Å². The van der Waals surface area contributed by atoms with E-state index in [1.165, 1.54) is 12.3 Å². The Labute approximate surface area is 155 Å². The second-order valence-corrected chi connectivity index (χ2v) is 6.95. The number of rotatable bonds is 6. The molecule has 27 heavy (non-hydrogen) atoms. The summed E-state index contributed by atoms with van der Waals surface area (Å²) < 4.78 is 5.13. The summed E-state index contributed by atoms with van der Waals surface area (Å²) in [5.41, 5.74) is 0.452. The topological polar surface area (TPSA) is 138 Å². The second-order valence-electron chi connectivity index (χ2n) is 6.95. The maximum atomic E-state index is 12.2. The number of aliphatic carboxylic acids is 1. The summed E-state index contributed by atoms with van der Waals surface area (Å²) >= 11 is 0. The van der Waals surface area contributed by atoms with Gasteiger partial charge < -0.3 is 20.1 Å². The van der Waals surface area contributed by atoms with Gasteiger partial charge in [-0.1, -0.05) is 12.1 Å². The first-order valence-electron chi connectivity index (χ1n) is 8.92. The number of nitrogens with zero attached hydrogens (tertiary/aromatic N) is 3. The molecule has 1 fully saturated rings. The van der Waals surface area contributed by atoms with Crippen LogP contribution in [0.25, 0.3) is 11.5 Å². The molecule has 1 aliphatic carbocycles. The Kier molecular flexibility index (Phi) is 5.68. The van der Waals surface area contributed by atoms with Crippen molar-refractivity contribution in [2.75, 3.05) is 0 Å². The molecule has 0 aliphatic heterocycles. The highest BCUT2D eigenvalue weighted by Gasteiger charge is 2.34. The second kappa shape index (κ2) is 8.15. The van der Waals surface area contributed by atoms with E-state index in [1.807, 2.05) is 0 Å². The van der Waals surface area contributed by atoms with Crippen molar-refractivity contribution in [2.24, 2.45) is 11.8 Å². The molecule has 2 aromatic rings. The van der Waals surface area contributed by atoms with Crippen LogP contribution in [0, 0.1) is 11.8 Å². The van der Waals surface area contributed by atoms with Gasteiger partial charge in [0.1, 0.15) is 11.4 Å². The van der Waals surface area contributed by atoms with Gasteiger partial charge in [0.2, 0.25) is 17.6 Å². The molecular weight excluding hydrogens is 352 g/mol. The minimum atomic E-state index is -0.866. The van der Waals surface area contributed by atoms with E-state index in [0.717, 1.165) is 6.42 Å². The van der Waals surface area contributed by atoms with Crippen LogP contribution in [-0.2, 0) is 16.0 Å². The number of hydrogen-bond acceptors (Lipinski definition) is 7. The number of aromatic hydroxyl groups is 1. The molecule has 1 amide bonds. The third-order valence-corrected chi connectivity index (χ3v) is 4.79. The van der Waals surface area contributed by atoms with Crippen LogP contribution in [0.2, 0.25) is 0 Å². The molecule has 2 aromatic heterocycles. The zero-order valence-electron chi connectivity index (χ0n) is 15.0. The van der Waals surface area contributed by atoms with Gasteiger partial charge in [-0.2, -0.15) is 4.98 Å². The number of aryl methyl sites for hydroxylation is 1. The lowest BCUT2D eigenvalue weighted by Crippen LogP contribution is -2.46. The van der Waals surface area contributed by atoms with E-state index in [9.17, 15) is 19.8 Å². The zero-order valence-corrected chi connectivity index (χ0v) is 15.0. The van der Waals surface area contributed by atoms with Crippen molar-refractivity contribution in [2.45, 2.75) is 45.1 Å². The van der Waals surface area contributed by atoms with Crippen molar-refractivity contribution in [3.05, 3.63) is 24.2 Å². The molecule has 144 valence electrons. The van der Waals surface area contributed by atoms with Gasteiger partial charge in [-0.3, -0.25) is 9.59 Å². The molecule has 0 aromatic carbocycles. The number of aromatic nitrogens is 3. The highest BCUT2D eigenvalue weighted by atomic mass is 16.5. The first-order chi connectivity index (χ1) is 12.9. The molecule has 9 heteroatoms. The standard InChI is InChI=1S/C18H22N4O5/c1-10-2-4-12(18(25)26)14(8-10)20-15(24)6-7-16-21-17(22-27-16)13-5-3-11(23)9-19-13/h3,5,9-10,12,14,23H,2,4,6-8H2,1H3,(H,20,24)(H,25,26). The van der Waals surface area contributed by atoms with Crippen molar-refractivity contribution >= 4 is 11.9 Å². The quantitative estimate of drug-likeness (QED) is 0.695. The molecule has 3 rings (SSSR count). The fourth-order valence-electron chi connectivity index (χ4n) is 3.31. The molecule has 1 saturated carbocycles. The fourth-order valence-corrected chi connectivity index (χ4v) is 3.31. The highest BCUT2D eigenvalue weighted by Crippen LogP contribution is 2.29. The number of carbonyl (C=O) groups is 2. The number of carbonyl (C=O) groups excluding carboxylic acids is 1. The Morgan fingerprint density at radius 2 is 2.15 bits per heavy atom. The van der Waals surface area contributed by atoms with E-state index in [1.54, 1.807) is 6.07 Å². The molecule has 0 spiro atoms. The maximum Gasteiger partial charge on any atom is 0.308 e. The molecule has 0 saturated heterocycles. The monoisotopic (exact) mass is 374 g/mol. The normalized spacial score (nSPS) is 22.3. The summed E-state index contributed by atoms with van der Waals surface area (Å²) in [4.78, 5) is 31.8. The van der Waals surface area contributed by atoms with Crippen molar-refractivity contribution in [1.29, 1.82) is 0 Å². The molecule has 1 aliphatic rings. The molecule has 3 atom stereocenters. The van der Waals surface area contributed by atoms with Gasteiger partial charge in [-0.15, -0.1) is 0 Å². The molecule has 0 bridgehead atoms. The molecular formula is C18H22N4O5. The van der Waals surface area contributed by atoms with Crippen LogP contribution in [0.15, 0.2) is 22.9 Å². The smallest absolute Gasteiger partial charge is 0.308 e. The minimum Gasteiger partial charge on any atom is -0.506 e. The molecule has 2 heterocycles. The number of carboxylic acids is 1. The number of amides is 1. The Balaban J connectivity index is 1.54. The minimum absolute atomic E-state index is 0.0378. The Bertz CT molecular complexity index is 804. The van der Waals surface area contributed by atoms with Gasteiger partial charge in [0.05, 0.1) is 12.1 Å². The van der Waals surface area contributed by atoms with Crippen LogP contribution < -0.4 is 5.32 Å². The van der Waals surface area contributed by atoms with Crippen molar-refractivity contribution in [3.63, 3.8) is 0 Å². The van der Waals surface area contributed by atoms with Gasteiger partial charge >= 0.3 is 5.97 Å². The van der Waals surface area contributed by atoms with Crippen LogP contribution in [0.5, 0.6) is 5.75 Å². The summed E-state index contributed by atoms with van der Waals surface area (Å²) in [6, 6.07) is 2.68. The van der Waals surface area contributed by atoms with Crippen molar-refractivity contribution in [3.8, 4) is 17.3 Å². The van der Waals surface area contributed by atoms with E-state index >= 15 is 0 Å². The summed E-state index contributed by atoms with van der Waals surface area (Å²) in [5.74, 6) is -0.643. The summed E-state index contributed by atoms with van der Waals surface area (Å²) in [6.45, 7) is 2.06. The van der Waals surface area contributed by atoms with Crippen LogP contribution in [0.4, 0.5) is 0 Å². The van der Waals surface area contributed by atoms with E-state index < -0.39 is 11.9 Å². The van der Waals surface area contributed by atoms with Crippen LogP contribution >= 0.6 is 0 Å². The van der Waals surface area contributed by atoms with Gasteiger partial charge in [0.15, 0.2) is 0 Å². The highest BCUT2D eigenvalue weighted by molar-refractivity contribution is 5.78. The maximum absolute atomic E-state index is 12.2. The van der Waals surface area contributed by atoms with E-state index in [0.29, 0.717) is 30.3 Å². The Morgan fingerprint density at radius 3 is 2.85 bits per heavy atom. The average molecular weight is 374 g/mol. The summed E-state index contributed by atoms with van der Waals surface area (Å²) in [7, 11) is 0. The first-order valence-corrected chi connectivity index (χ1v) is 8.92. The lowest BCUT2D eigenvalue weighted by Gasteiger charge is -2.32. The number of hydrogen-bond donors (Lipinski definition) is 3. The van der Waals surface area contributed by atoms with Crippen LogP contribution in [0.1, 0.15) is 38.5 Å². The molecule has 3 unspecified atom stereocenters. The number of carboxylic acid groups (broad SMARTS) is 1. The lowest BCUT2D eigenvalue weighted by atomic mass is 9.79. The van der Waals surface area contributed by atoms with Gasteiger partial charge in [-0.25, -0.2) is 4.98 Å². The predicted octanol–water partition coefficient (Wildman–Crippen LogP) is 1.78. The third kappa shape index (κ3) is 4.81. The van der Waals surface area contributed by atoms with Gasteiger partial charge in [0.25, 0.3) is 0 Å². The summed E-state index contributed by atoms with van der Waals surface area (Å²) in [5, 5.41) is 25.2. The van der Waals surface area contributed by atoms with Crippen LogP contribution in [-0.4, -0.2) is 43.3 Å². The van der Waals surface area contributed by atoms with E-state index in [4.69, 9.17) is 4.52 Å². The largest absolute Gasteiger partial charge is 0.506 e. The SMILES string of the molecule is CC1CCC(C(=O)O)C(NC(=O)CCc2nc(-c3ccc(O)cn3)no2)C1. The lowest BCUT2D eigenvalue weighted by molar-refractivity contribution is -0.144. The van der Waals surface area contributed by atoms with Crippen molar-refractivity contribution in [1.82, 2.24) is 20.4 Å². The summed E-state index contributed by atoms with van der Waals surface area (Å²) in [6.07, 6.45) is 3.76. The average Bonchev–Trinajstić information content (AvgIpc) is 3.09. The van der Waals surface area contributed by atoms with E-state index in [-0.39, 0.29) is 36.4 Å². The van der Waals surface area contributed by atoms with Crippen molar-refractivity contribution < 1.29 is 24.3 Å². The fraction of sp³-hybridized carbons (Fsp3) is 0.500. The third-order valence-electron chi connectivity index (χ3n) is 4.79. The number of nitrogens with one attached hydrogen (secondary N) is 1. The van der Waals surface area contributed by atoms with E-state index in [2.05, 4.69) is 27.4 Å². The molecule has 3 N–H and O–H groups in total. The first kappa shape index (κ1) is 18.8. The predicted molar refractivity (Wildman–Crippen MR) is 93.6 cm³/mol. The number of pyridine rings is 1. The Morgan fingerprint density at radius 1 is 1.33 bits per heavy atom. The Hall–Kier alpha value is -2.97.